The lowest BCUT2D eigenvalue weighted by molar-refractivity contribution is -0.138. The van der Waals surface area contributed by atoms with Gasteiger partial charge in [0, 0.05) is 6.42 Å². The van der Waals surface area contributed by atoms with Crippen molar-refractivity contribution in [3.05, 3.63) is 0 Å². The molecule has 0 aromatic heterocycles. The minimum atomic E-state index is -0.916. The van der Waals surface area contributed by atoms with Crippen molar-refractivity contribution in [1.29, 1.82) is 0 Å². The van der Waals surface area contributed by atoms with E-state index in [0.29, 0.717) is 0 Å². The fraction of sp³-hybridized carbons (Fsp3) is 0.600. The minimum Gasteiger partial charge on any atom is -0.481 e. The van der Waals surface area contributed by atoms with Crippen LogP contribution < -0.4 is 0 Å². The molecule has 0 saturated carbocycles. The zero-order valence-electron chi connectivity index (χ0n) is 4.68. The molecule has 0 amide bonds. The van der Waals surface area contributed by atoms with Crippen LogP contribution in [0.4, 0.5) is 0 Å². The summed E-state index contributed by atoms with van der Waals surface area (Å²) in [7, 11) is 0. The second kappa shape index (κ2) is 3.18. The summed E-state index contributed by atoms with van der Waals surface area (Å²) >= 11 is 0. The van der Waals surface area contributed by atoms with E-state index in [9.17, 15) is 9.59 Å². The molecule has 0 rings (SSSR count). The highest BCUT2D eigenvalue weighted by atomic mass is 16.6. The van der Waals surface area contributed by atoms with Crippen LogP contribution in [-0.4, -0.2) is 16.9 Å². The standard InChI is InChI=1S/C5H8O3/c1-4(6)2-3-5(7)8/h2-3H2,1H3,(H,7,8)/i5+2. The average Bonchev–Trinajstić information content (AvgIpc) is 1.61. The van der Waals surface area contributed by atoms with E-state index in [-0.39, 0.29) is 18.6 Å². The van der Waals surface area contributed by atoms with Crippen LogP contribution in [-0.2, 0) is 9.59 Å². The van der Waals surface area contributed by atoms with E-state index < -0.39 is 5.97 Å². The number of hydrogen-bond acceptors (Lipinski definition) is 2. The van der Waals surface area contributed by atoms with Crippen molar-refractivity contribution >= 4 is 11.8 Å². The van der Waals surface area contributed by atoms with E-state index >= 15 is 0 Å². The quantitative estimate of drug-likeness (QED) is 0.585. The SMILES string of the molecule is CC(=O)CC[14C](=O)O. The highest BCUT2D eigenvalue weighted by molar-refractivity contribution is 5.80. The van der Waals surface area contributed by atoms with Gasteiger partial charge >= 0.3 is 5.97 Å². The lowest BCUT2D eigenvalue weighted by Gasteiger charge is -1.86. The van der Waals surface area contributed by atoms with Crippen molar-refractivity contribution < 1.29 is 14.7 Å². The van der Waals surface area contributed by atoms with Crippen molar-refractivity contribution in [1.82, 2.24) is 0 Å². The first-order valence-corrected chi connectivity index (χ1v) is 2.34. The first kappa shape index (κ1) is 7.14. The highest BCUT2D eigenvalue weighted by Gasteiger charge is 1.97. The summed E-state index contributed by atoms with van der Waals surface area (Å²) in [6.07, 6.45) is 0.102. The first-order valence-electron chi connectivity index (χ1n) is 2.34. The number of carbonyl (C=O) groups is 2. The number of carboxylic acid groups (broad SMARTS) is 1. The fourth-order valence-electron chi connectivity index (χ4n) is 0.283. The largest absolute Gasteiger partial charge is 0.481 e. The molecule has 0 heterocycles. The van der Waals surface area contributed by atoms with Crippen molar-refractivity contribution in [2.75, 3.05) is 0 Å². The van der Waals surface area contributed by atoms with Crippen LogP contribution in [0.1, 0.15) is 19.8 Å². The molecule has 0 radical (unpaired) electrons. The molecule has 0 fully saturated rings. The van der Waals surface area contributed by atoms with Crippen molar-refractivity contribution in [3.8, 4) is 0 Å². The summed E-state index contributed by atoms with van der Waals surface area (Å²) in [5, 5.41) is 8.01. The molecule has 0 aliphatic heterocycles. The zero-order chi connectivity index (χ0) is 6.57. The van der Waals surface area contributed by atoms with Gasteiger partial charge in [-0.1, -0.05) is 0 Å². The van der Waals surface area contributed by atoms with Gasteiger partial charge in [-0.05, 0) is 6.92 Å². The van der Waals surface area contributed by atoms with Crippen LogP contribution in [0.3, 0.4) is 0 Å². The average molecular weight is 118 g/mol. The van der Waals surface area contributed by atoms with Crippen molar-refractivity contribution in [3.63, 3.8) is 0 Å². The molecule has 0 aromatic rings. The molecule has 8 heavy (non-hydrogen) atoms. The fourth-order valence-corrected chi connectivity index (χ4v) is 0.283. The summed E-state index contributed by atoms with van der Waals surface area (Å²) < 4.78 is 0. The molecule has 1 N–H and O–H groups in total. The first-order chi connectivity index (χ1) is 3.63. The van der Waals surface area contributed by atoms with Crippen LogP contribution in [0.15, 0.2) is 0 Å². The summed E-state index contributed by atoms with van der Waals surface area (Å²) in [5.74, 6) is -0.993. The monoisotopic (exact) mass is 118 g/mol. The second-order valence-corrected chi connectivity index (χ2v) is 1.60. The predicted molar refractivity (Wildman–Crippen MR) is 27.6 cm³/mol. The van der Waals surface area contributed by atoms with Gasteiger partial charge in [-0.25, -0.2) is 0 Å². The minimum absolute atomic E-state index is 0.0463. The number of carbonyl (C=O) groups excluding carboxylic acids is 1. The number of rotatable bonds is 3. The molecular formula is C5H8O3. The van der Waals surface area contributed by atoms with Gasteiger partial charge in [0.1, 0.15) is 5.78 Å². The molecular weight excluding hydrogens is 110 g/mol. The lowest BCUT2D eigenvalue weighted by Crippen LogP contribution is -1.98. The van der Waals surface area contributed by atoms with Crippen LogP contribution in [0.5, 0.6) is 0 Å². The third kappa shape index (κ3) is 5.14. The van der Waals surface area contributed by atoms with Crippen molar-refractivity contribution in [2.24, 2.45) is 0 Å². The molecule has 0 aliphatic rings. The molecule has 0 spiro atoms. The van der Waals surface area contributed by atoms with Gasteiger partial charge in [-0.3, -0.25) is 4.79 Å². The van der Waals surface area contributed by atoms with Gasteiger partial charge in [0.05, 0.1) is 6.42 Å². The van der Waals surface area contributed by atoms with E-state index in [2.05, 4.69) is 0 Å². The highest BCUT2D eigenvalue weighted by Crippen LogP contribution is 1.87. The van der Waals surface area contributed by atoms with Crippen molar-refractivity contribution in [2.45, 2.75) is 19.8 Å². The maximum atomic E-state index is 10.1. The third-order valence-corrected chi connectivity index (χ3v) is 0.691. The number of carboxylic acids is 1. The van der Waals surface area contributed by atoms with E-state index in [4.69, 9.17) is 5.11 Å². The molecule has 0 aliphatic carbocycles. The van der Waals surface area contributed by atoms with Gasteiger partial charge in [0.25, 0.3) is 0 Å². The molecule has 0 atom stereocenters. The second-order valence-electron chi connectivity index (χ2n) is 1.60. The number of hydrogen-bond donors (Lipinski definition) is 1. The van der Waals surface area contributed by atoms with Gasteiger partial charge in [-0.15, -0.1) is 0 Å². The number of aliphatic carboxylic acids is 1. The molecule has 46 valence electrons. The molecule has 0 saturated heterocycles. The normalized spacial score (nSPS) is 8.62. The smallest absolute Gasteiger partial charge is 0.303 e. The van der Waals surface area contributed by atoms with Crippen LogP contribution in [0, 0.1) is 0 Å². The Bertz CT molecular complexity index is 92.2. The molecule has 3 nitrogen and oxygen atoms in total. The van der Waals surface area contributed by atoms with Gasteiger partial charge in [-0.2, -0.15) is 0 Å². The summed E-state index contributed by atoms with van der Waals surface area (Å²) in [5.41, 5.74) is 0. The van der Waals surface area contributed by atoms with E-state index in [0.717, 1.165) is 0 Å². The maximum Gasteiger partial charge on any atom is 0.303 e. The summed E-state index contributed by atoms with van der Waals surface area (Å²) in [6.45, 7) is 1.38. The molecule has 0 aromatic carbocycles. The van der Waals surface area contributed by atoms with Crippen LogP contribution in [0.2, 0.25) is 0 Å². The maximum absolute atomic E-state index is 10.1. The molecule has 3 heteroatoms. The van der Waals surface area contributed by atoms with Gasteiger partial charge in [0.15, 0.2) is 0 Å². The summed E-state index contributed by atoms with van der Waals surface area (Å²) in [6, 6.07) is 0. The Morgan fingerprint density at radius 3 is 2.38 bits per heavy atom. The number of Topliss-reactive ketones (excluding diaryl/α,β-unsaturated/α-hetero) is 1. The van der Waals surface area contributed by atoms with E-state index in [1.54, 1.807) is 0 Å². The number of ketones is 1. The predicted octanol–water partition coefficient (Wildman–Crippen LogP) is 0.440. The zero-order valence-corrected chi connectivity index (χ0v) is 4.68. The Kier molecular flexibility index (Phi) is 2.84. The van der Waals surface area contributed by atoms with Gasteiger partial charge in [0.2, 0.25) is 0 Å². The third-order valence-electron chi connectivity index (χ3n) is 0.691. The Hall–Kier alpha value is -0.860. The van der Waals surface area contributed by atoms with E-state index in [1.807, 2.05) is 0 Å². The Labute approximate surface area is 47.3 Å². The lowest BCUT2D eigenvalue weighted by atomic mass is 10.3. The molecule has 0 bridgehead atoms. The molecule has 0 unspecified atom stereocenters. The van der Waals surface area contributed by atoms with Crippen LogP contribution >= 0.6 is 0 Å². The Morgan fingerprint density at radius 2 is 2.25 bits per heavy atom. The topological polar surface area (TPSA) is 54.4 Å². The van der Waals surface area contributed by atoms with Crippen LogP contribution in [0.25, 0.3) is 0 Å². The Balaban J connectivity index is 3.18. The van der Waals surface area contributed by atoms with E-state index in [1.165, 1.54) is 6.92 Å². The summed E-state index contributed by atoms with van der Waals surface area (Å²) in [4.78, 5) is 19.8. The Morgan fingerprint density at radius 1 is 1.75 bits per heavy atom. The van der Waals surface area contributed by atoms with Gasteiger partial charge < -0.3 is 9.90 Å².